The van der Waals surface area contributed by atoms with Crippen LogP contribution in [-0.2, 0) is 4.74 Å². The summed E-state index contributed by atoms with van der Waals surface area (Å²) in [5, 5.41) is 10.4. The summed E-state index contributed by atoms with van der Waals surface area (Å²) in [6, 6.07) is 7.55. The molecule has 3 rings (SSSR count). The minimum atomic E-state index is -0.548. The molecule has 0 saturated carbocycles. The maximum absolute atomic E-state index is 11.8. The Bertz CT molecular complexity index is 604. The molecular formula is C21H32N2O4. The summed E-state index contributed by atoms with van der Waals surface area (Å²) in [4.78, 5) is 16.8. The molecular weight excluding hydrogens is 344 g/mol. The lowest BCUT2D eigenvalue weighted by Crippen LogP contribution is -2.49. The van der Waals surface area contributed by atoms with E-state index in [1.165, 1.54) is 38.8 Å². The van der Waals surface area contributed by atoms with Gasteiger partial charge in [0.1, 0.15) is 18.5 Å². The van der Waals surface area contributed by atoms with Crippen LogP contribution in [-0.4, -0.2) is 79.0 Å². The Balaban J connectivity index is 1.44. The Kier molecular flexibility index (Phi) is 7.50. The predicted octanol–water partition coefficient (Wildman–Crippen LogP) is 2.16. The standard InChI is InChI=1S/C21H32N2O4/c1-2-26-21(25)17-7-5-9-20(13-17)27-16-19(24)15-22-10-6-8-18(14-22)23-11-3-4-12-23/h5,7,9,13,18-19,24H,2-4,6,8,10-12,14-16H2,1H3. The predicted molar refractivity (Wildman–Crippen MR) is 104 cm³/mol. The summed E-state index contributed by atoms with van der Waals surface area (Å²) in [7, 11) is 0. The monoisotopic (exact) mass is 376 g/mol. The van der Waals surface area contributed by atoms with E-state index in [-0.39, 0.29) is 12.6 Å². The van der Waals surface area contributed by atoms with Crippen molar-refractivity contribution in [2.24, 2.45) is 0 Å². The molecule has 0 bridgehead atoms. The maximum Gasteiger partial charge on any atom is 0.338 e. The molecule has 2 aliphatic heterocycles. The molecule has 1 aromatic rings. The van der Waals surface area contributed by atoms with Crippen LogP contribution in [0.5, 0.6) is 5.75 Å². The fourth-order valence-electron chi connectivity index (χ4n) is 4.07. The number of rotatable bonds is 8. The van der Waals surface area contributed by atoms with Gasteiger partial charge in [-0.05, 0) is 70.4 Å². The van der Waals surface area contributed by atoms with Gasteiger partial charge in [0.25, 0.3) is 0 Å². The lowest BCUT2D eigenvalue weighted by Gasteiger charge is -2.38. The topological polar surface area (TPSA) is 62.2 Å². The van der Waals surface area contributed by atoms with E-state index in [1.54, 1.807) is 31.2 Å². The molecule has 0 aromatic heterocycles. The second-order valence-electron chi connectivity index (χ2n) is 7.51. The first-order valence-electron chi connectivity index (χ1n) is 10.2. The summed E-state index contributed by atoms with van der Waals surface area (Å²) in [6.45, 7) is 7.50. The molecule has 2 unspecified atom stereocenters. The van der Waals surface area contributed by atoms with Crippen LogP contribution in [0.15, 0.2) is 24.3 Å². The average molecular weight is 376 g/mol. The number of nitrogens with zero attached hydrogens (tertiary/aromatic N) is 2. The van der Waals surface area contributed by atoms with Gasteiger partial charge in [-0.25, -0.2) is 4.79 Å². The second-order valence-corrected chi connectivity index (χ2v) is 7.51. The van der Waals surface area contributed by atoms with Crippen molar-refractivity contribution in [3.8, 4) is 5.75 Å². The summed E-state index contributed by atoms with van der Waals surface area (Å²) in [6.07, 6.45) is 4.55. The quantitative estimate of drug-likeness (QED) is 0.702. The van der Waals surface area contributed by atoms with E-state index in [1.807, 2.05) is 0 Å². The molecule has 150 valence electrons. The number of aliphatic hydroxyl groups excluding tert-OH is 1. The number of hydrogen-bond donors (Lipinski definition) is 1. The zero-order valence-electron chi connectivity index (χ0n) is 16.3. The molecule has 0 aliphatic carbocycles. The van der Waals surface area contributed by atoms with E-state index in [2.05, 4.69) is 9.80 Å². The van der Waals surface area contributed by atoms with Crippen molar-refractivity contribution in [2.45, 2.75) is 44.8 Å². The van der Waals surface area contributed by atoms with Crippen LogP contribution in [0.3, 0.4) is 0 Å². The highest BCUT2D eigenvalue weighted by Gasteiger charge is 2.27. The fourth-order valence-corrected chi connectivity index (χ4v) is 4.07. The summed E-state index contributed by atoms with van der Waals surface area (Å²) in [5.74, 6) is 0.220. The van der Waals surface area contributed by atoms with E-state index in [0.29, 0.717) is 30.5 Å². The fraction of sp³-hybridized carbons (Fsp3) is 0.667. The molecule has 2 heterocycles. The largest absolute Gasteiger partial charge is 0.491 e. The van der Waals surface area contributed by atoms with E-state index in [0.717, 1.165) is 13.1 Å². The third-order valence-electron chi connectivity index (χ3n) is 5.39. The highest BCUT2D eigenvalue weighted by molar-refractivity contribution is 5.89. The van der Waals surface area contributed by atoms with Crippen LogP contribution >= 0.6 is 0 Å². The van der Waals surface area contributed by atoms with Gasteiger partial charge in [-0.15, -0.1) is 0 Å². The number of likely N-dealkylation sites (tertiary alicyclic amines) is 2. The van der Waals surface area contributed by atoms with Crippen molar-refractivity contribution in [2.75, 3.05) is 45.9 Å². The number of hydrogen-bond acceptors (Lipinski definition) is 6. The second kappa shape index (κ2) is 10.1. The minimum absolute atomic E-state index is 0.219. The number of benzene rings is 1. The highest BCUT2D eigenvalue weighted by atomic mass is 16.5. The molecule has 2 atom stereocenters. The average Bonchev–Trinajstić information content (AvgIpc) is 3.22. The Morgan fingerprint density at radius 1 is 1.26 bits per heavy atom. The van der Waals surface area contributed by atoms with Gasteiger partial charge in [-0.2, -0.15) is 0 Å². The van der Waals surface area contributed by atoms with Crippen molar-refractivity contribution in [1.82, 2.24) is 9.80 Å². The van der Waals surface area contributed by atoms with Gasteiger partial charge in [-0.1, -0.05) is 6.07 Å². The van der Waals surface area contributed by atoms with Crippen LogP contribution in [0, 0.1) is 0 Å². The van der Waals surface area contributed by atoms with Crippen molar-refractivity contribution in [3.05, 3.63) is 29.8 Å². The number of ether oxygens (including phenoxy) is 2. The molecule has 2 aliphatic rings. The lowest BCUT2D eigenvalue weighted by atomic mass is 10.0. The Morgan fingerprint density at radius 3 is 2.85 bits per heavy atom. The van der Waals surface area contributed by atoms with Gasteiger partial charge in [0.2, 0.25) is 0 Å². The van der Waals surface area contributed by atoms with Gasteiger partial charge in [0, 0.05) is 19.1 Å². The van der Waals surface area contributed by atoms with Gasteiger partial charge >= 0.3 is 5.97 Å². The van der Waals surface area contributed by atoms with Crippen LogP contribution in [0.25, 0.3) is 0 Å². The molecule has 6 heteroatoms. The third-order valence-corrected chi connectivity index (χ3v) is 5.39. The van der Waals surface area contributed by atoms with Gasteiger partial charge in [-0.3, -0.25) is 9.80 Å². The number of β-amino-alcohol motifs (C(OH)–C–C–N with tert-alkyl or cyclic N) is 1. The number of esters is 1. The molecule has 2 saturated heterocycles. The molecule has 1 N–H and O–H groups in total. The van der Waals surface area contributed by atoms with Gasteiger partial charge in [0.15, 0.2) is 0 Å². The van der Waals surface area contributed by atoms with E-state index in [9.17, 15) is 9.90 Å². The van der Waals surface area contributed by atoms with E-state index >= 15 is 0 Å². The van der Waals surface area contributed by atoms with Crippen molar-refractivity contribution < 1.29 is 19.4 Å². The first-order chi connectivity index (χ1) is 13.2. The first-order valence-corrected chi connectivity index (χ1v) is 10.2. The normalized spacial score (nSPS) is 22.5. The molecule has 1 aromatic carbocycles. The van der Waals surface area contributed by atoms with Crippen molar-refractivity contribution in [3.63, 3.8) is 0 Å². The highest BCUT2D eigenvalue weighted by Crippen LogP contribution is 2.21. The summed E-state index contributed by atoms with van der Waals surface area (Å²) in [5.41, 5.74) is 0.466. The Hall–Kier alpha value is -1.63. The zero-order chi connectivity index (χ0) is 19.1. The number of piperidine rings is 1. The zero-order valence-corrected chi connectivity index (χ0v) is 16.3. The minimum Gasteiger partial charge on any atom is -0.491 e. The number of carbonyl (C=O) groups is 1. The van der Waals surface area contributed by atoms with Crippen LogP contribution in [0.4, 0.5) is 0 Å². The maximum atomic E-state index is 11.8. The molecule has 0 spiro atoms. The van der Waals surface area contributed by atoms with Crippen LogP contribution in [0.2, 0.25) is 0 Å². The van der Waals surface area contributed by atoms with Crippen molar-refractivity contribution >= 4 is 5.97 Å². The van der Waals surface area contributed by atoms with E-state index < -0.39 is 6.10 Å². The van der Waals surface area contributed by atoms with Crippen LogP contribution in [0.1, 0.15) is 43.0 Å². The molecule has 6 nitrogen and oxygen atoms in total. The number of aliphatic hydroxyl groups is 1. The van der Waals surface area contributed by atoms with Gasteiger partial charge in [0.05, 0.1) is 12.2 Å². The molecule has 2 fully saturated rings. The molecule has 27 heavy (non-hydrogen) atoms. The summed E-state index contributed by atoms with van der Waals surface area (Å²) < 4.78 is 10.7. The third kappa shape index (κ3) is 5.92. The smallest absolute Gasteiger partial charge is 0.338 e. The number of carbonyl (C=O) groups excluding carboxylic acids is 1. The van der Waals surface area contributed by atoms with Gasteiger partial charge < -0.3 is 14.6 Å². The lowest BCUT2D eigenvalue weighted by molar-refractivity contribution is 0.0415. The van der Waals surface area contributed by atoms with Crippen molar-refractivity contribution in [1.29, 1.82) is 0 Å². The summed E-state index contributed by atoms with van der Waals surface area (Å²) >= 11 is 0. The first kappa shape index (κ1) is 20.1. The Labute approximate surface area is 162 Å². The van der Waals surface area contributed by atoms with E-state index in [4.69, 9.17) is 9.47 Å². The van der Waals surface area contributed by atoms with Crippen LogP contribution < -0.4 is 4.74 Å². The molecule has 0 radical (unpaired) electrons. The molecule has 0 amide bonds. The SMILES string of the molecule is CCOC(=O)c1cccc(OCC(O)CN2CCCC(N3CCCC3)C2)c1. The Morgan fingerprint density at radius 2 is 2.07 bits per heavy atom.